The predicted molar refractivity (Wildman–Crippen MR) is 63.0 cm³/mol. The number of carbonyl (C=O) groups is 1. The highest BCUT2D eigenvalue weighted by Gasteiger charge is 2.13. The standard InChI is InChI=1S/C13H10O5/c14-9-3-8(4-10(15)6-9)13(18)7-1-2-11(16)12(17)5-7/h1-6,14-17H. The zero-order valence-corrected chi connectivity index (χ0v) is 9.16. The van der Waals surface area contributed by atoms with Gasteiger partial charge in [0.25, 0.3) is 0 Å². The number of benzene rings is 2. The fourth-order valence-corrected chi connectivity index (χ4v) is 1.56. The first-order chi connectivity index (χ1) is 8.47. The van der Waals surface area contributed by atoms with Gasteiger partial charge in [0, 0.05) is 17.2 Å². The summed E-state index contributed by atoms with van der Waals surface area (Å²) < 4.78 is 0. The third-order valence-corrected chi connectivity index (χ3v) is 2.40. The van der Waals surface area contributed by atoms with E-state index in [-0.39, 0.29) is 28.4 Å². The molecule has 0 saturated carbocycles. The van der Waals surface area contributed by atoms with E-state index in [9.17, 15) is 20.1 Å². The van der Waals surface area contributed by atoms with Crippen molar-refractivity contribution in [3.63, 3.8) is 0 Å². The molecule has 0 fully saturated rings. The molecule has 0 aliphatic rings. The van der Waals surface area contributed by atoms with Gasteiger partial charge in [0.1, 0.15) is 11.5 Å². The molecular weight excluding hydrogens is 236 g/mol. The maximum atomic E-state index is 12.0. The molecule has 5 heteroatoms. The van der Waals surface area contributed by atoms with Gasteiger partial charge < -0.3 is 20.4 Å². The number of rotatable bonds is 2. The molecule has 5 nitrogen and oxygen atoms in total. The molecule has 18 heavy (non-hydrogen) atoms. The summed E-state index contributed by atoms with van der Waals surface area (Å²) in [4.78, 5) is 12.0. The lowest BCUT2D eigenvalue weighted by molar-refractivity contribution is 0.103. The zero-order chi connectivity index (χ0) is 13.3. The topological polar surface area (TPSA) is 98.0 Å². The highest BCUT2D eigenvalue weighted by atomic mass is 16.3. The minimum atomic E-state index is -0.489. The van der Waals surface area contributed by atoms with Crippen LogP contribution in [-0.2, 0) is 0 Å². The first-order valence-electron chi connectivity index (χ1n) is 5.07. The number of phenols is 4. The van der Waals surface area contributed by atoms with Crippen LogP contribution in [0.4, 0.5) is 0 Å². The molecule has 0 atom stereocenters. The van der Waals surface area contributed by atoms with Crippen molar-refractivity contribution in [1.82, 2.24) is 0 Å². The van der Waals surface area contributed by atoms with Crippen molar-refractivity contribution in [2.24, 2.45) is 0 Å². The zero-order valence-electron chi connectivity index (χ0n) is 9.16. The molecule has 92 valence electrons. The molecule has 4 N–H and O–H groups in total. The molecule has 0 radical (unpaired) electrons. The van der Waals surface area contributed by atoms with Gasteiger partial charge in [-0.25, -0.2) is 0 Å². The van der Waals surface area contributed by atoms with Crippen LogP contribution in [0.15, 0.2) is 36.4 Å². The lowest BCUT2D eigenvalue weighted by Crippen LogP contribution is -2.00. The summed E-state index contributed by atoms with van der Waals surface area (Å²) in [6.07, 6.45) is 0. The van der Waals surface area contributed by atoms with E-state index < -0.39 is 11.5 Å². The molecule has 0 heterocycles. The highest BCUT2D eigenvalue weighted by Crippen LogP contribution is 2.27. The third-order valence-electron chi connectivity index (χ3n) is 2.40. The van der Waals surface area contributed by atoms with Crippen LogP contribution in [0, 0.1) is 0 Å². The lowest BCUT2D eigenvalue weighted by atomic mass is 10.0. The second-order valence-corrected chi connectivity index (χ2v) is 3.77. The molecule has 0 aliphatic heterocycles. The Labute approximate surface area is 102 Å². The Balaban J connectivity index is 2.44. The molecule has 0 unspecified atom stereocenters. The van der Waals surface area contributed by atoms with Crippen LogP contribution in [0.3, 0.4) is 0 Å². The fraction of sp³-hybridized carbons (Fsp3) is 0. The summed E-state index contributed by atoms with van der Waals surface area (Å²) in [5, 5.41) is 37.0. The Morgan fingerprint density at radius 3 is 1.89 bits per heavy atom. The summed E-state index contributed by atoms with van der Waals surface area (Å²) in [6, 6.07) is 7.13. The normalized spacial score (nSPS) is 10.2. The Morgan fingerprint density at radius 1 is 0.722 bits per heavy atom. The monoisotopic (exact) mass is 246 g/mol. The second-order valence-electron chi connectivity index (χ2n) is 3.77. The number of phenolic OH excluding ortho intramolecular Hbond substituents is 4. The second kappa shape index (κ2) is 4.29. The van der Waals surface area contributed by atoms with Gasteiger partial charge in [0.15, 0.2) is 17.3 Å². The molecule has 2 aromatic rings. The van der Waals surface area contributed by atoms with Crippen LogP contribution in [0.25, 0.3) is 0 Å². The Kier molecular flexibility index (Phi) is 2.81. The third kappa shape index (κ3) is 2.20. The van der Waals surface area contributed by atoms with E-state index >= 15 is 0 Å². The molecule has 2 aromatic carbocycles. The lowest BCUT2D eigenvalue weighted by Gasteiger charge is -2.04. The maximum Gasteiger partial charge on any atom is 0.193 e. The van der Waals surface area contributed by atoms with Gasteiger partial charge >= 0.3 is 0 Å². The average molecular weight is 246 g/mol. The molecule has 0 aliphatic carbocycles. The summed E-state index contributed by atoms with van der Waals surface area (Å²) >= 11 is 0. The molecular formula is C13H10O5. The molecule has 0 spiro atoms. The molecule has 0 amide bonds. The summed E-state index contributed by atoms with van der Waals surface area (Å²) in [5.74, 6) is -1.70. The van der Waals surface area contributed by atoms with Gasteiger partial charge in [-0.15, -0.1) is 0 Å². The fourth-order valence-electron chi connectivity index (χ4n) is 1.56. The Bertz CT molecular complexity index is 599. The van der Waals surface area contributed by atoms with E-state index in [1.165, 1.54) is 24.3 Å². The average Bonchev–Trinajstić information content (AvgIpc) is 2.30. The first-order valence-corrected chi connectivity index (χ1v) is 5.07. The van der Waals surface area contributed by atoms with E-state index in [1.807, 2.05) is 0 Å². The Hall–Kier alpha value is -2.69. The maximum absolute atomic E-state index is 12.0. The highest BCUT2D eigenvalue weighted by molar-refractivity contribution is 6.09. The van der Waals surface area contributed by atoms with Crippen molar-refractivity contribution in [3.8, 4) is 23.0 Å². The van der Waals surface area contributed by atoms with E-state index in [2.05, 4.69) is 0 Å². The number of aromatic hydroxyl groups is 4. The van der Waals surface area contributed by atoms with Crippen molar-refractivity contribution in [2.75, 3.05) is 0 Å². The Morgan fingerprint density at radius 2 is 1.33 bits per heavy atom. The van der Waals surface area contributed by atoms with Gasteiger partial charge in [0.05, 0.1) is 0 Å². The van der Waals surface area contributed by atoms with Gasteiger partial charge in [0.2, 0.25) is 0 Å². The summed E-state index contributed by atoms with van der Waals surface area (Å²) in [6.45, 7) is 0. The van der Waals surface area contributed by atoms with Crippen molar-refractivity contribution in [2.45, 2.75) is 0 Å². The molecule has 2 rings (SSSR count). The van der Waals surface area contributed by atoms with E-state index in [4.69, 9.17) is 5.11 Å². The predicted octanol–water partition coefficient (Wildman–Crippen LogP) is 1.74. The quantitative estimate of drug-likeness (QED) is 0.478. The van der Waals surface area contributed by atoms with Gasteiger partial charge in [-0.1, -0.05) is 0 Å². The SMILES string of the molecule is O=C(c1cc(O)cc(O)c1)c1ccc(O)c(O)c1. The molecule has 0 saturated heterocycles. The smallest absolute Gasteiger partial charge is 0.193 e. The minimum Gasteiger partial charge on any atom is -0.508 e. The van der Waals surface area contributed by atoms with Crippen LogP contribution in [-0.4, -0.2) is 26.2 Å². The van der Waals surface area contributed by atoms with Crippen molar-refractivity contribution in [3.05, 3.63) is 47.5 Å². The number of carbonyl (C=O) groups excluding carboxylic acids is 1. The van der Waals surface area contributed by atoms with Crippen LogP contribution < -0.4 is 0 Å². The molecule has 0 aromatic heterocycles. The van der Waals surface area contributed by atoms with Crippen LogP contribution in [0.5, 0.6) is 23.0 Å². The van der Waals surface area contributed by atoms with Gasteiger partial charge in [-0.2, -0.15) is 0 Å². The van der Waals surface area contributed by atoms with E-state index in [0.717, 1.165) is 12.1 Å². The van der Waals surface area contributed by atoms with E-state index in [1.54, 1.807) is 0 Å². The number of hydrogen-bond donors (Lipinski definition) is 4. The minimum absolute atomic E-state index is 0.0811. The number of ketones is 1. The van der Waals surface area contributed by atoms with Crippen molar-refractivity contribution in [1.29, 1.82) is 0 Å². The van der Waals surface area contributed by atoms with E-state index in [0.29, 0.717) is 0 Å². The van der Waals surface area contributed by atoms with Crippen molar-refractivity contribution < 1.29 is 25.2 Å². The van der Waals surface area contributed by atoms with Crippen molar-refractivity contribution >= 4 is 5.78 Å². The van der Waals surface area contributed by atoms with Gasteiger partial charge in [-0.05, 0) is 30.3 Å². The number of hydrogen-bond acceptors (Lipinski definition) is 5. The largest absolute Gasteiger partial charge is 0.508 e. The van der Waals surface area contributed by atoms with Crippen LogP contribution >= 0.6 is 0 Å². The van der Waals surface area contributed by atoms with Crippen LogP contribution in [0.1, 0.15) is 15.9 Å². The summed E-state index contributed by atoms with van der Waals surface area (Å²) in [5.41, 5.74) is 0.216. The summed E-state index contributed by atoms with van der Waals surface area (Å²) in [7, 11) is 0. The molecule has 0 bridgehead atoms. The first kappa shape index (κ1) is 11.8. The van der Waals surface area contributed by atoms with Gasteiger partial charge in [-0.3, -0.25) is 4.79 Å². The van der Waals surface area contributed by atoms with Crippen LogP contribution in [0.2, 0.25) is 0 Å².